The molecule has 5 aromatic rings. The molecule has 1 aromatic carbocycles. The van der Waals surface area contributed by atoms with E-state index in [4.69, 9.17) is 10.5 Å². The largest absolute Gasteiger partial charge is 0.340 e. The van der Waals surface area contributed by atoms with Gasteiger partial charge in [0, 0.05) is 17.6 Å². The first kappa shape index (κ1) is 16.3. The fourth-order valence-corrected chi connectivity index (χ4v) is 3.38. The number of rotatable bonds is 3. The summed E-state index contributed by atoms with van der Waals surface area (Å²) in [4.78, 5) is 15.5. The molecule has 0 saturated heterocycles. The molecule has 0 radical (unpaired) electrons. The van der Waals surface area contributed by atoms with Crippen molar-refractivity contribution in [3.8, 4) is 5.69 Å². The van der Waals surface area contributed by atoms with Gasteiger partial charge in [0.15, 0.2) is 11.1 Å². The van der Waals surface area contributed by atoms with Crippen LogP contribution in [0.3, 0.4) is 0 Å². The minimum atomic E-state index is -0.342. The topological polar surface area (TPSA) is 101 Å². The maximum atomic E-state index is 14.0. The third-order valence-corrected chi connectivity index (χ3v) is 4.79. The highest BCUT2D eigenvalue weighted by Gasteiger charge is 2.20. The average molecular weight is 374 g/mol. The normalized spacial score (nSPS) is 12.6. The predicted molar refractivity (Wildman–Crippen MR) is 100 cm³/mol. The van der Waals surface area contributed by atoms with Crippen LogP contribution in [0.5, 0.6) is 0 Å². The lowest BCUT2D eigenvalue weighted by Crippen LogP contribution is -2.25. The van der Waals surface area contributed by atoms with E-state index in [1.165, 1.54) is 18.5 Å². The Morgan fingerprint density at radius 2 is 2.11 bits per heavy atom. The number of nitrogens with one attached hydrogen (secondary N) is 2. The van der Waals surface area contributed by atoms with Crippen LogP contribution in [0.4, 0.5) is 4.39 Å². The molecule has 0 aliphatic rings. The maximum Gasteiger partial charge on any atom is 0.182 e. The molecule has 2 N–H and O–H groups in total. The second-order valence-corrected chi connectivity index (χ2v) is 6.45. The van der Waals surface area contributed by atoms with E-state index in [2.05, 4.69) is 19.9 Å². The lowest BCUT2D eigenvalue weighted by Gasteiger charge is -2.14. The third kappa shape index (κ3) is 2.40. The van der Waals surface area contributed by atoms with Gasteiger partial charge in [0.1, 0.15) is 11.3 Å². The van der Waals surface area contributed by atoms with E-state index in [-0.39, 0.29) is 17.3 Å². The van der Waals surface area contributed by atoms with Gasteiger partial charge >= 0.3 is 0 Å². The number of aromatic amines is 1. The van der Waals surface area contributed by atoms with Crippen LogP contribution >= 0.6 is 0 Å². The Morgan fingerprint density at radius 3 is 2.93 bits per heavy atom. The minimum Gasteiger partial charge on any atom is -0.340 e. The van der Waals surface area contributed by atoms with Crippen LogP contribution in [-0.4, -0.2) is 34.3 Å². The van der Waals surface area contributed by atoms with Crippen LogP contribution in [0.25, 0.3) is 27.8 Å². The van der Waals surface area contributed by atoms with Crippen LogP contribution < -0.4 is 5.49 Å². The van der Waals surface area contributed by atoms with Crippen molar-refractivity contribution in [2.75, 3.05) is 0 Å². The summed E-state index contributed by atoms with van der Waals surface area (Å²) < 4.78 is 17.3. The van der Waals surface area contributed by atoms with E-state index in [1.54, 1.807) is 40.1 Å². The van der Waals surface area contributed by atoms with Gasteiger partial charge in [-0.05, 0) is 31.2 Å². The molecule has 4 heterocycles. The number of hydrogen-bond acceptors (Lipinski definition) is 5. The standard InChI is InChI=1S/C19H15FN8/c1-11(27-10-25-19-17(18(27)21)23-9-24-19)16-14-5-4-12(20)7-15(14)28(26-16)13-3-2-6-22-8-13/h2-11,21H,1H3,(H,23,24)/t11-/m0/s1. The average Bonchev–Trinajstić information content (AvgIpc) is 3.33. The second kappa shape index (κ2) is 6.08. The molecule has 9 heteroatoms. The van der Waals surface area contributed by atoms with Crippen LogP contribution in [0, 0.1) is 11.2 Å². The Labute approximate surface area is 157 Å². The Morgan fingerprint density at radius 1 is 1.21 bits per heavy atom. The Hall–Kier alpha value is -3.88. The van der Waals surface area contributed by atoms with Crippen LogP contribution in [0.2, 0.25) is 0 Å². The lowest BCUT2D eigenvalue weighted by atomic mass is 10.1. The van der Waals surface area contributed by atoms with Crippen molar-refractivity contribution >= 4 is 22.1 Å². The summed E-state index contributed by atoms with van der Waals surface area (Å²) in [7, 11) is 0. The minimum absolute atomic E-state index is 0.251. The van der Waals surface area contributed by atoms with Gasteiger partial charge in [0.25, 0.3) is 0 Å². The number of nitrogens with zero attached hydrogens (tertiary/aromatic N) is 6. The van der Waals surface area contributed by atoms with Crippen molar-refractivity contribution in [2.45, 2.75) is 13.0 Å². The predicted octanol–water partition coefficient (Wildman–Crippen LogP) is 2.72. The molecule has 0 saturated carbocycles. The Bertz CT molecular complexity index is 1370. The molecule has 8 nitrogen and oxygen atoms in total. The fourth-order valence-electron chi connectivity index (χ4n) is 3.38. The highest BCUT2D eigenvalue weighted by molar-refractivity contribution is 5.84. The summed E-state index contributed by atoms with van der Waals surface area (Å²) in [5, 5.41) is 14.0. The molecule has 5 rings (SSSR count). The summed E-state index contributed by atoms with van der Waals surface area (Å²) in [6.45, 7) is 1.93. The van der Waals surface area contributed by atoms with Gasteiger partial charge in [-0.3, -0.25) is 10.4 Å². The van der Waals surface area contributed by atoms with Gasteiger partial charge in [-0.25, -0.2) is 19.0 Å². The smallest absolute Gasteiger partial charge is 0.182 e. The monoisotopic (exact) mass is 374 g/mol. The molecule has 0 amide bonds. The summed E-state index contributed by atoms with van der Waals surface area (Å²) in [5.41, 5.74) is 3.37. The quantitative estimate of drug-likeness (QED) is 0.507. The van der Waals surface area contributed by atoms with Gasteiger partial charge < -0.3 is 9.55 Å². The molecule has 1 atom stereocenters. The molecule has 4 aromatic heterocycles. The fraction of sp³-hybridized carbons (Fsp3) is 0.105. The zero-order valence-corrected chi connectivity index (χ0v) is 14.8. The van der Waals surface area contributed by atoms with Gasteiger partial charge in [-0.1, -0.05) is 0 Å². The van der Waals surface area contributed by atoms with Crippen LogP contribution in [0.15, 0.2) is 55.4 Å². The summed E-state index contributed by atoms with van der Waals surface area (Å²) in [6, 6.07) is 7.93. The summed E-state index contributed by atoms with van der Waals surface area (Å²) in [5.74, 6) is -0.342. The molecular formula is C19H15FN8. The number of hydrogen-bond donors (Lipinski definition) is 2. The molecule has 0 bridgehead atoms. The van der Waals surface area contributed by atoms with Gasteiger partial charge in [0.05, 0.1) is 41.8 Å². The van der Waals surface area contributed by atoms with E-state index in [0.717, 1.165) is 11.1 Å². The number of imidazole rings is 1. The van der Waals surface area contributed by atoms with E-state index in [1.807, 2.05) is 13.0 Å². The molecule has 138 valence electrons. The molecule has 0 unspecified atom stereocenters. The first-order chi connectivity index (χ1) is 13.6. The van der Waals surface area contributed by atoms with Crippen LogP contribution in [0.1, 0.15) is 18.7 Å². The van der Waals surface area contributed by atoms with E-state index in [0.29, 0.717) is 22.4 Å². The molecule has 0 spiro atoms. The van der Waals surface area contributed by atoms with Crippen molar-refractivity contribution in [2.24, 2.45) is 0 Å². The van der Waals surface area contributed by atoms with Gasteiger partial charge in [-0.15, -0.1) is 0 Å². The first-order valence-electron chi connectivity index (χ1n) is 8.67. The zero-order chi connectivity index (χ0) is 19.3. The number of halogens is 1. The SMILES string of the molecule is C[C@@H](c1nn(-c2cccnc2)c2cc(F)ccc12)n1cnc2nc[nH]c2c1=N. The lowest BCUT2D eigenvalue weighted by molar-refractivity contribution is 0.576. The van der Waals surface area contributed by atoms with E-state index < -0.39 is 0 Å². The highest BCUT2D eigenvalue weighted by atomic mass is 19.1. The first-order valence-corrected chi connectivity index (χ1v) is 8.67. The van der Waals surface area contributed by atoms with E-state index in [9.17, 15) is 4.39 Å². The summed E-state index contributed by atoms with van der Waals surface area (Å²) in [6.07, 6.45) is 6.44. The molecule has 0 fully saturated rings. The molecule has 0 aliphatic heterocycles. The molecule has 0 aliphatic carbocycles. The number of benzene rings is 1. The van der Waals surface area contributed by atoms with Crippen molar-refractivity contribution in [3.63, 3.8) is 0 Å². The Balaban J connectivity index is 1.74. The third-order valence-electron chi connectivity index (χ3n) is 4.79. The Kier molecular flexibility index (Phi) is 3.54. The zero-order valence-electron chi connectivity index (χ0n) is 14.8. The van der Waals surface area contributed by atoms with Gasteiger partial charge in [0.2, 0.25) is 0 Å². The van der Waals surface area contributed by atoms with Crippen molar-refractivity contribution in [1.29, 1.82) is 5.41 Å². The number of H-pyrrole nitrogens is 1. The molecular weight excluding hydrogens is 359 g/mol. The van der Waals surface area contributed by atoms with Crippen molar-refractivity contribution in [3.05, 3.63) is 72.4 Å². The molecule has 28 heavy (non-hydrogen) atoms. The summed E-state index contributed by atoms with van der Waals surface area (Å²) >= 11 is 0. The number of fused-ring (bicyclic) bond motifs is 2. The second-order valence-electron chi connectivity index (χ2n) is 6.45. The number of aromatic nitrogens is 7. The van der Waals surface area contributed by atoms with Crippen molar-refractivity contribution < 1.29 is 4.39 Å². The van der Waals surface area contributed by atoms with Crippen LogP contribution in [-0.2, 0) is 0 Å². The maximum absolute atomic E-state index is 14.0. The number of pyridine rings is 1. The van der Waals surface area contributed by atoms with Gasteiger partial charge in [-0.2, -0.15) is 5.10 Å². The highest BCUT2D eigenvalue weighted by Crippen LogP contribution is 2.28. The van der Waals surface area contributed by atoms with Crippen molar-refractivity contribution in [1.82, 2.24) is 34.3 Å². The van der Waals surface area contributed by atoms with E-state index >= 15 is 0 Å².